The van der Waals surface area contributed by atoms with E-state index in [1.165, 1.54) is 4.93 Å². The number of hydrazine groups is 3. The first-order valence-electron chi connectivity index (χ1n) is 2.61. The van der Waals surface area contributed by atoms with E-state index in [2.05, 4.69) is 9.88 Å². The van der Waals surface area contributed by atoms with Crippen molar-refractivity contribution in [3.8, 4) is 0 Å². The summed E-state index contributed by atoms with van der Waals surface area (Å²) in [5.74, 6) is 0. The number of hydrogen-bond acceptors (Lipinski definition) is 11. The molecule has 0 atom stereocenters. The molecule has 0 radical (unpaired) electrons. The summed E-state index contributed by atoms with van der Waals surface area (Å²) < 4.78 is -0.0219. The predicted molar refractivity (Wildman–Crippen MR) is 30.8 cm³/mol. The number of alkyl halides is 1. The number of hydrogen-bond donors (Lipinski definition) is 0. The van der Waals surface area contributed by atoms with E-state index >= 15 is 0 Å². The van der Waals surface area contributed by atoms with Crippen LogP contribution in [0.3, 0.4) is 0 Å². The van der Waals surface area contributed by atoms with Crippen LogP contribution in [-0.4, -0.2) is 29.6 Å². The van der Waals surface area contributed by atoms with Crippen LogP contribution < -0.4 is 21.5 Å². The van der Waals surface area contributed by atoms with Gasteiger partial charge in [-0.2, -0.15) is 0 Å². The van der Waals surface area contributed by atoms with Crippen LogP contribution in [0.15, 0.2) is 0 Å². The van der Waals surface area contributed by atoms with Crippen LogP contribution in [0.2, 0.25) is 0 Å². The first-order chi connectivity index (χ1) is 6.06. The Hall–Kier alpha value is 0.290. The van der Waals surface area contributed by atoms with Crippen LogP contribution in [-0.2, 0) is 9.88 Å². The zero-order chi connectivity index (χ0) is 10.0. The molecule has 80 valence electrons. The Bertz CT molecular complexity index is 163. The fourth-order valence-electron chi connectivity index (χ4n) is 0.395. The molecule has 0 saturated carbocycles. The molecular formula is CH3IN5O6-5. The van der Waals surface area contributed by atoms with E-state index in [1.807, 2.05) is 0 Å². The first kappa shape index (κ1) is 11.4. The van der Waals surface area contributed by atoms with Gasteiger partial charge in [0.25, 0.3) is 0 Å². The van der Waals surface area contributed by atoms with Gasteiger partial charge in [0.2, 0.25) is 0 Å². The third-order valence-electron chi connectivity index (χ3n) is 0.850. The summed E-state index contributed by atoms with van der Waals surface area (Å²) in [5.41, 5.74) is 0. The zero-order valence-corrected chi connectivity index (χ0v) is 8.22. The molecule has 0 aromatic carbocycles. The van der Waals surface area contributed by atoms with E-state index in [0.29, 0.717) is 0 Å². The standard InChI is InChI=1S/CH3IN5O6/c1-2-3(8)12-5(9)4-6(10)13-7(4)11/h1H3/q-5. The molecule has 0 spiro atoms. The number of nitrogens with zero attached hydrogens (tertiary/aromatic N) is 5. The van der Waals surface area contributed by atoms with Gasteiger partial charge in [0.1, 0.15) is 0 Å². The SMILES string of the molecule is C[I-]N([O-])ON([O-])N1N([O-])ON1[O-]. The van der Waals surface area contributed by atoms with Crippen molar-refractivity contribution in [3.63, 3.8) is 0 Å². The maximum absolute atomic E-state index is 10.6. The summed E-state index contributed by atoms with van der Waals surface area (Å²) >= 11 is -1.02. The molecule has 1 fully saturated rings. The zero-order valence-electron chi connectivity index (χ0n) is 6.06. The van der Waals surface area contributed by atoms with E-state index in [9.17, 15) is 20.8 Å². The molecule has 0 amide bonds. The van der Waals surface area contributed by atoms with Gasteiger partial charge in [-0.15, -0.1) is 0 Å². The number of rotatable bonds is 4. The van der Waals surface area contributed by atoms with E-state index in [4.69, 9.17) is 0 Å². The second-order valence-electron chi connectivity index (χ2n) is 1.53. The molecule has 1 saturated heterocycles. The topological polar surface area (TPSA) is 127 Å². The summed E-state index contributed by atoms with van der Waals surface area (Å²) in [5, 5.41) is 40.0. The van der Waals surface area contributed by atoms with Gasteiger partial charge in [0.15, 0.2) is 0 Å². The molecule has 0 aliphatic carbocycles. The summed E-state index contributed by atoms with van der Waals surface area (Å²) in [4.78, 5) is 9.06. The van der Waals surface area contributed by atoms with Crippen LogP contribution in [0.25, 0.3) is 0 Å². The summed E-state index contributed by atoms with van der Waals surface area (Å²) in [7, 11) is 0. The van der Waals surface area contributed by atoms with E-state index in [1.54, 1.807) is 0 Å². The molecule has 11 nitrogen and oxygen atoms in total. The minimum atomic E-state index is -1.02. The average Bonchev–Trinajstić information content (AvgIpc) is 2.03. The molecule has 1 aliphatic heterocycles. The van der Waals surface area contributed by atoms with Crippen molar-refractivity contribution in [1.29, 1.82) is 0 Å². The summed E-state index contributed by atoms with van der Waals surface area (Å²) in [6.45, 7) is 0. The van der Waals surface area contributed by atoms with E-state index in [0.717, 1.165) is 0 Å². The fraction of sp³-hybridized carbons (Fsp3) is 1.00. The van der Waals surface area contributed by atoms with Gasteiger partial charge in [0, 0.05) is 0 Å². The Balaban J connectivity index is 2.34. The molecule has 0 bridgehead atoms. The minimum absolute atomic E-state index is 0.0219. The van der Waals surface area contributed by atoms with Crippen molar-refractivity contribution < 1.29 is 31.4 Å². The summed E-state index contributed by atoms with van der Waals surface area (Å²) in [6, 6.07) is 0. The monoisotopic (exact) mass is 308 g/mol. The van der Waals surface area contributed by atoms with Crippen LogP contribution in [0.1, 0.15) is 0 Å². The molecule has 0 N–H and O–H groups in total. The van der Waals surface area contributed by atoms with Crippen molar-refractivity contribution in [3.05, 3.63) is 20.8 Å². The summed E-state index contributed by atoms with van der Waals surface area (Å²) in [6.07, 6.45) is 0. The van der Waals surface area contributed by atoms with E-state index in [-0.39, 0.29) is 8.67 Å². The van der Waals surface area contributed by atoms with Crippen molar-refractivity contribution >= 4 is 0 Å². The van der Waals surface area contributed by atoms with Gasteiger partial charge in [-0.3, -0.25) is 0 Å². The number of halogens is 1. The Labute approximate surface area is 82.2 Å². The normalized spacial score (nSPS) is 21.8. The third-order valence-corrected chi connectivity index (χ3v) is 1.81. The first-order valence-corrected chi connectivity index (χ1v) is 5.73. The molecule has 0 unspecified atom stereocenters. The quantitative estimate of drug-likeness (QED) is 0.216. The van der Waals surface area contributed by atoms with Crippen molar-refractivity contribution in [2.75, 3.05) is 4.93 Å². The van der Waals surface area contributed by atoms with Crippen LogP contribution in [0.4, 0.5) is 0 Å². The van der Waals surface area contributed by atoms with Gasteiger partial charge in [-0.05, 0) is 0 Å². The predicted octanol–water partition coefficient (Wildman–Crippen LogP) is -4.43. The van der Waals surface area contributed by atoms with Crippen LogP contribution in [0.5, 0.6) is 0 Å². The van der Waals surface area contributed by atoms with Gasteiger partial charge < -0.3 is 0 Å². The average molecular weight is 308 g/mol. The second-order valence-corrected chi connectivity index (χ2v) is 3.28. The third kappa shape index (κ3) is 2.62. The Morgan fingerprint density at radius 1 is 1.31 bits per heavy atom. The van der Waals surface area contributed by atoms with Crippen LogP contribution >= 0.6 is 0 Å². The van der Waals surface area contributed by atoms with Crippen LogP contribution in [0, 0.1) is 20.8 Å². The molecule has 0 aromatic rings. The molecule has 12 heteroatoms. The maximum atomic E-state index is 10.6. The van der Waals surface area contributed by atoms with Gasteiger partial charge in [-0.1, -0.05) is 0 Å². The van der Waals surface area contributed by atoms with Gasteiger partial charge >= 0.3 is 81.8 Å². The molecule has 1 rings (SSSR count). The molecular weight excluding hydrogens is 305 g/mol. The van der Waals surface area contributed by atoms with E-state index < -0.39 is 37.5 Å². The van der Waals surface area contributed by atoms with Crippen molar-refractivity contribution in [2.45, 2.75) is 0 Å². The van der Waals surface area contributed by atoms with Gasteiger partial charge in [0.05, 0.1) is 0 Å². The van der Waals surface area contributed by atoms with Crippen molar-refractivity contribution in [1.82, 2.24) is 24.7 Å². The Kier molecular flexibility index (Phi) is 4.09. The molecule has 1 heterocycles. The Morgan fingerprint density at radius 2 is 1.85 bits per heavy atom. The molecule has 1 aliphatic rings. The molecule has 0 aromatic heterocycles. The Morgan fingerprint density at radius 3 is 2.23 bits per heavy atom. The fourth-order valence-corrected chi connectivity index (χ4v) is 0.722. The second kappa shape index (κ2) is 4.68. The molecule has 13 heavy (non-hydrogen) atoms. The van der Waals surface area contributed by atoms with Crippen molar-refractivity contribution in [2.24, 2.45) is 0 Å². The van der Waals surface area contributed by atoms with Gasteiger partial charge in [-0.25, -0.2) is 0 Å².